The van der Waals surface area contributed by atoms with Gasteiger partial charge >= 0.3 is 0 Å². The van der Waals surface area contributed by atoms with Crippen LogP contribution in [0.1, 0.15) is 16.8 Å². The Morgan fingerprint density at radius 3 is 2.64 bits per heavy atom. The molecule has 0 amide bonds. The Morgan fingerprint density at radius 2 is 1.91 bits per heavy atom. The van der Waals surface area contributed by atoms with Crippen molar-refractivity contribution in [3.05, 3.63) is 69.7 Å². The van der Waals surface area contributed by atoms with Gasteiger partial charge in [-0.3, -0.25) is 9.67 Å². The van der Waals surface area contributed by atoms with Crippen molar-refractivity contribution in [2.24, 2.45) is 7.05 Å². The average Bonchev–Trinajstić information content (AvgIpc) is 2.84. The van der Waals surface area contributed by atoms with Crippen molar-refractivity contribution in [3.8, 4) is 11.1 Å². The number of halogens is 2. The van der Waals surface area contributed by atoms with E-state index in [1.165, 1.54) is 0 Å². The predicted octanol–water partition coefficient (Wildman–Crippen LogP) is 4.69. The molecular weight excluding hydrogens is 317 g/mol. The fourth-order valence-corrected chi connectivity index (χ4v) is 2.83. The van der Waals surface area contributed by atoms with Gasteiger partial charge in [-0.15, -0.1) is 0 Å². The lowest BCUT2D eigenvalue weighted by molar-refractivity contribution is 0.749. The first-order valence-electron chi connectivity index (χ1n) is 6.92. The number of rotatable bonds is 3. The molecule has 0 aliphatic rings. The van der Waals surface area contributed by atoms with E-state index in [9.17, 15) is 0 Å². The largest absolute Gasteiger partial charge is 0.275 e. The first-order valence-corrected chi connectivity index (χ1v) is 7.67. The maximum Gasteiger partial charge on any atom is 0.0746 e. The third kappa shape index (κ3) is 3.01. The van der Waals surface area contributed by atoms with Crippen LogP contribution in [0.4, 0.5) is 0 Å². The van der Waals surface area contributed by atoms with Crippen molar-refractivity contribution in [2.75, 3.05) is 0 Å². The van der Waals surface area contributed by atoms with Gasteiger partial charge in [0, 0.05) is 37.6 Å². The average molecular weight is 332 g/mol. The van der Waals surface area contributed by atoms with Gasteiger partial charge in [-0.1, -0.05) is 29.3 Å². The zero-order valence-corrected chi connectivity index (χ0v) is 13.9. The number of hydrogen-bond donors (Lipinski definition) is 0. The van der Waals surface area contributed by atoms with E-state index in [-0.39, 0.29) is 0 Å². The Balaban J connectivity index is 2.01. The van der Waals surface area contributed by atoms with Gasteiger partial charge in [-0.25, -0.2) is 0 Å². The van der Waals surface area contributed by atoms with Crippen LogP contribution in [-0.2, 0) is 13.5 Å². The van der Waals surface area contributed by atoms with E-state index < -0.39 is 0 Å². The van der Waals surface area contributed by atoms with Gasteiger partial charge in [-0.05, 0) is 41.8 Å². The lowest BCUT2D eigenvalue weighted by Crippen LogP contribution is -1.95. The lowest BCUT2D eigenvalue weighted by Gasteiger charge is -2.06. The second-order valence-corrected chi connectivity index (χ2v) is 6.09. The first-order chi connectivity index (χ1) is 10.5. The number of nitrogens with zero attached hydrogens (tertiary/aromatic N) is 3. The summed E-state index contributed by atoms with van der Waals surface area (Å²) >= 11 is 12.1. The van der Waals surface area contributed by atoms with Crippen LogP contribution in [0.25, 0.3) is 11.1 Å². The fraction of sp³-hybridized carbons (Fsp3) is 0.176. The second-order valence-electron chi connectivity index (χ2n) is 5.28. The van der Waals surface area contributed by atoms with Crippen LogP contribution < -0.4 is 0 Å². The summed E-state index contributed by atoms with van der Waals surface area (Å²) in [5, 5.41) is 5.73. The molecule has 0 unspecified atom stereocenters. The topological polar surface area (TPSA) is 30.7 Å². The highest BCUT2D eigenvalue weighted by Crippen LogP contribution is 2.29. The molecule has 2 aromatic heterocycles. The van der Waals surface area contributed by atoms with Crippen molar-refractivity contribution in [1.82, 2.24) is 14.8 Å². The Kier molecular flexibility index (Phi) is 4.19. The molecular formula is C17H15Cl2N3. The van der Waals surface area contributed by atoms with Crippen LogP contribution in [0, 0.1) is 6.92 Å². The molecule has 0 bridgehead atoms. The molecule has 3 nitrogen and oxygen atoms in total. The molecule has 112 valence electrons. The van der Waals surface area contributed by atoms with E-state index in [1.54, 1.807) is 6.20 Å². The highest BCUT2D eigenvalue weighted by atomic mass is 35.5. The summed E-state index contributed by atoms with van der Waals surface area (Å²) in [6.45, 7) is 2.05. The van der Waals surface area contributed by atoms with E-state index >= 15 is 0 Å². The minimum absolute atomic E-state index is 0.566. The smallest absolute Gasteiger partial charge is 0.0746 e. The van der Waals surface area contributed by atoms with Gasteiger partial charge in [0.2, 0.25) is 0 Å². The lowest BCUT2D eigenvalue weighted by atomic mass is 10.00. The molecule has 0 spiro atoms. The molecule has 0 aliphatic carbocycles. The summed E-state index contributed by atoms with van der Waals surface area (Å²) in [4.78, 5) is 4.15. The molecule has 0 fully saturated rings. The van der Waals surface area contributed by atoms with E-state index in [0.717, 1.165) is 27.9 Å². The monoisotopic (exact) mass is 331 g/mol. The molecule has 0 saturated carbocycles. The Morgan fingerprint density at radius 1 is 1.09 bits per heavy atom. The summed E-state index contributed by atoms with van der Waals surface area (Å²) < 4.78 is 1.84. The van der Waals surface area contributed by atoms with Gasteiger partial charge in [0.05, 0.1) is 15.7 Å². The minimum atomic E-state index is 0.566. The van der Waals surface area contributed by atoms with Crippen LogP contribution >= 0.6 is 23.2 Å². The third-order valence-electron chi connectivity index (χ3n) is 3.57. The van der Waals surface area contributed by atoms with Crippen LogP contribution in [0.2, 0.25) is 10.0 Å². The fourth-order valence-electron chi connectivity index (χ4n) is 2.51. The highest BCUT2D eigenvalue weighted by Gasteiger charge is 2.13. The normalized spacial score (nSPS) is 10.9. The standard InChI is InChI=1S/C17H15Cl2N3/c1-11-9-20-6-5-13(11)14-10-22(2)21-17(14)8-12-3-4-15(18)16(19)7-12/h3-7,9-10H,8H2,1-2H3. The summed E-state index contributed by atoms with van der Waals surface area (Å²) in [6, 6.07) is 7.71. The molecule has 5 heteroatoms. The summed E-state index contributed by atoms with van der Waals surface area (Å²) in [5.41, 5.74) is 5.49. The Bertz CT molecular complexity index is 825. The Hall–Kier alpha value is -1.84. The zero-order valence-electron chi connectivity index (χ0n) is 12.3. The second kappa shape index (κ2) is 6.11. The van der Waals surface area contributed by atoms with Crippen molar-refractivity contribution in [1.29, 1.82) is 0 Å². The van der Waals surface area contributed by atoms with Crippen LogP contribution in [0.15, 0.2) is 42.9 Å². The molecule has 0 radical (unpaired) electrons. The number of hydrogen-bond acceptors (Lipinski definition) is 2. The van der Waals surface area contributed by atoms with Crippen molar-refractivity contribution < 1.29 is 0 Å². The van der Waals surface area contributed by atoms with Crippen molar-refractivity contribution in [2.45, 2.75) is 13.3 Å². The van der Waals surface area contributed by atoms with E-state index in [2.05, 4.69) is 17.0 Å². The molecule has 22 heavy (non-hydrogen) atoms. The zero-order chi connectivity index (χ0) is 15.7. The van der Waals surface area contributed by atoms with Crippen molar-refractivity contribution in [3.63, 3.8) is 0 Å². The van der Waals surface area contributed by atoms with Gasteiger partial charge in [0.1, 0.15) is 0 Å². The van der Waals surface area contributed by atoms with E-state index in [1.807, 2.05) is 48.4 Å². The van der Waals surface area contributed by atoms with Gasteiger partial charge in [0.25, 0.3) is 0 Å². The molecule has 3 aromatic rings. The van der Waals surface area contributed by atoms with E-state index in [4.69, 9.17) is 23.2 Å². The van der Waals surface area contributed by atoms with Crippen molar-refractivity contribution >= 4 is 23.2 Å². The van der Waals surface area contributed by atoms with Crippen LogP contribution in [-0.4, -0.2) is 14.8 Å². The number of aromatic nitrogens is 3. The molecule has 1 aromatic carbocycles. The summed E-state index contributed by atoms with van der Waals surface area (Å²) in [5.74, 6) is 0. The maximum atomic E-state index is 6.10. The maximum absolute atomic E-state index is 6.10. The number of aryl methyl sites for hydroxylation is 2. The van der Waals surface area contributed by atoms with E-state index in [0.29, 0.717) is 16.5 Å². The SMILES string of the molecule is Cc1cnccc1-c1cn(C)nc1Cc1ccc(Cl)c(Cl)c1. The predicted molar refractivity (Wildman–Crippen MR) is 90.4 cm³/mol. The molecule has 0 aliphatic heterocycles. The number of benzene rings is 1. The third-order valence-corrected chi connectivity index (χ3v) is 4.31. The summed E-state index contributed by atoms with van der Waals surface area (Å²) in [7, 11) is 1.93. The number of pyridine rings is 1. The summed E-state index contributed by atoms with van der Waals surface area (Å²) in [6.07, 6.45) is 6.41. The molecule has 0 saturated heterocycles. The highest BCUT2D eigenvalue weighted by molar-refractivity contribution is 6.42. The van der Waals surface area contributed by atoms with Gasteiger partial charge in [0.15, 0.2) is 0 Å². The minimum Gasteiger partial charge on any atom is -0.275 e. The van der Waals surface area contributed by atoms with Gasteiger partial charge in [-0.2, -0.15) is 5.10 Å². The first kappa shape index (κ1) is 15.1. The molecule has 2 heterocycles. The Labute approximate surface area is 139 Å². The molecule has 0 atom stereocenters. The quantitative estimate of drug-likeness (QED) is 0.697. The van der Waals surface area contributed by atoms with Crippen LogP contribution in [0.3, 0.4) is 0 Å². The molecule has 0 N–H and O–H groups in total. The molecule has 3 rings (SSSR count). The van der Waals surface area contributed by atoms with Gasteiger partial charge < -0.3 is 0 Å². The van der Waals surface area contributed by atoms with Crippen LogP contribution in [0.5, 0.6) is 0 Å².